The summed E-state index contributed by atoms with van der Waals surface area (Å²) in [5.41, 5.74) is 8.44. The van der Waals surface area contributed by atoms with E-state index in [-0.39, 0.29) is 12.3 Å². The van der Waals surface area contributed by atoms with E-state index in [0.717, 1.165) is 21.2 Å². The first-order valence-corrected chi connectivity index (χ1v) is 11.3. The Morgan fingerprint density at radius 3 is 2.67 bits per heavy atom. The number of rotatable bonds is 4. The fourth-order valence-electron chi connectivity index (χ4n) is 4.03. The van der Waals surface area contributed by atoms with E-state index >= 15 is 0 Å². The highest BCUT2D eigenvalue weighted by Gasteiger charge is 2.20. The Hall–Kier alpha value is -4.04. The summed E-state index contributed by atoms with van der Waals surface area (Å²) in [5.74, 6) is -0.714. The number of carbonyl (C=O) groups is 2. The summed E-state index contributed by atoms with van der Waals surface area (Å²) in [6, 6.07) is 19.4. The molecule has 164 valence electrons. The molecule has 0 unspecified atom stereocenters. The third-order valence-corrected chi connectivity index (χ3v) is 6.43. The molecule has 0 bridgehead atoms. The van der Waals surface area contributed by atoms with Gasteiger partial charge in [0, 0.05) is 7.05 Å². The number of aryl methyl sites for hydroxylation is 2. The average molecular weight is 456 g/mol. The number of hydrogen-bond acceptors (Lipinski definition) is 5. The van der Waals surface area contributed by atoms with Gasteiger partial charge < -0.3 is 0 Å². The monoisotopic (exact) mass is 455 g/mol. The number of hydrogen-bond donors (Lipinski definition) is 2. The summed E-state index contributed by atoms with van der Waals surface area (Å²) in [6.45, 7) is 1.84. The van der Waals surface area contributed by atoms with Crippen LogP contribution in [0.3, 0.4) is 0 Å². The molecule has 2 amide bonds. The van der Waals surface area contributed by atoms with Crippen molar-refractivity contribution in [2.24, 2.45) is 7.05 Å². The minimum Gasteiger partial charge on any atom is -0.273 e. The van der Waals surface area contributed by atoms with Gasteiger partial charge in [-0.25, -0.2) is 4.98 Å². The molecular weight excluding hydrogens is 434 g/mol. The fraction of sp³-hybridized carbons (Fsp3) is 0.120. The second-order valence-corrected chi connectivity index (χ2v) is 8.71. The van der Waals surface area contributed by atoms with Crippen molar-refractivity contribution in [1.82, 2.24) is 25.6 Å². The lowest BCUT2D eigenvalue weighted by Gasteiger charge is -2.11. The van der Waals surface area contributed by atoms with Crippen LogP contribution in [0.15, 0.2) is 66.0 Å². The third-order valence-electron chi connectivity index (χ3n) is 5.53. The number of fused-ring (bicyclic) bond motifs is 2. The number of benzene rings is 2. The van der Waals surface area contributed by atoms with Crippen molar-refractivity contribution in [1.29, 1.82) is 0 Å². The smallest absolute Gasteiger partial charge is 0.270 e. The summed E-state index contributed by atoms with van der Waals surface area (Å²) in [5, 5.41) is 9.14. The molecule has 0 aliphatic carbocycles. The molecule has 8 heteroatoms. The van der Waals surface area contributed by atoms with Crippen LogP contribution in [0.2, 0.25) is 0 Å². The van der Waals surface area contributed by atoms with E-state index < -0.39 is 5.91 Å². The summed E-state index contributed by atoms with van der Waals surface area (Å²) < 4.78 is 1.66. The molecule has 0 atom stereocenters. The predicted molar refractivity (Wildman–Crippen MR) is 130 cm³/mol. The topological polar surface area (TPSA) is 88.9 Å². The molecule has 3 aromatic heterocycles. The molecule has 0 spiro atoms. The highest BCUT2D eigenvalue weighted by Crippen LogP contribution is 2.29. The van der Waals surface area contributed by atoms with E-state index in [1.807, 2.05) is 66.9 Å². The molecule has 33 heavy (non-hydrogen) atoms. The summed E-state index contributed by atoms with van der Waals surface area (Å²) >= 11 is 1.54. The van der Waals surface area contributed by atoms with E-state index in [1.54, 1.807) is 29.1 Å². The Labute approximate surface area is 194 Å². The van der Waals surface area contributed by atoms with E-state index in [4.69, 9.17) is 4.98 Å². The van der Waals surface area contributed by atoms with Crippen molar-refractivity contribution in [3.8, 4) is 10.6 Å². The Balaban J connectivity index is 1.39. The van der Waals surface area contributed by atoms with E-state index in [9.17, 15) is 9.59 Å². The molecule has 0 aliphatic rings. The van der Waals surface area contributed by atoms with Crippen molar-refractivity contribution in [3.63, 3.8) is 0 Å². The van der Waals surface area contributed by atoms with Crippen LogP contribution in [0.1, 0.15) is 21.6 Å². The van der Waals surface area contributed by atoms with Crippen LogP contribution in [-0.4, -0.2) is 26.6 Å². The second kappa shape index (κ2) is 8.48. The number of amides is 2. The standard InChI is InChI=1S/C25H21N5O2S/c1-15-23-19(14-20(21-11-6-12-33-21)26-24(23)30(2)29-15)25(32)28-27-22(31)13-17-9-5-8-16-7-3-4-10-18(16)17/h3-12,14H,13H2,1-2H3,(H,27,31)(H,28,32). The number of carbonyl (C=O) groups excluding carboxylic acids is 2. The van der Waals surface area contributed by atoms with E-state index in [0.29, 0.717) is 28.0 Å². The first kappa shape index (κ1) is 20.8. The number of aromatic nitrogens is 3. The molecule has 0 saturated carbocycles. The maximum atomic E-state index is 13.1. The molecule has 0 fully saturated rings. The van der Waals surface area contributed by atoms with Gasteiger partial charge in [0.1, 0.15) is 0 Å². The summed E-state index contributed by atoms with van der Waals surface area (Å²) in [7, 11) is 1.80. The van der Waals surface area contributed by atoms with Crippen molar-refractivity contribution in [2.45, 2.75) is 13.3 Å². The minimum absolute atomic E-state index is 0.153. The molecule has 0 aliphatic heterocycles. The average Bonchev–Trinajstić information content (AvgIpc) is 3.46. The lowest BCUT2D eigenvalue weighted by Crippen LogP contribution is -2.42. The number of thiophene rings is 1. The lowest BCUT2D eigenvalue weighted by molar-refractivity contribution is -0.121. The maximum absolute atomic E-state index is 13.1. The zero-order valence-corrected chi connectivity index (χ0v) is 18.9. The van der Waals surface area contributed by atoms with E-state index in [2.05, 4.69) is 16.0 Å². The first-order valence-electron chi connectivity index (χ1n) is 10.5. The highest BCUT2D eigenvalue weighted by molar-refractivity contribution is 7.13. The van der Waals surface area contributed by atoms with Gasteiger partial charge in [-0.05, 0) is 40.8 Å². The van der Waals surface area contributed by atoms with Crippen molar-refractivity contribution >= 4 is 45.0 Å². The van der Waals surface area contributed by atoms with Gasteiger partial charge in [0.05, 0.1) is 33.6 Å². The highest BCUT2D eigenvalue weighted by atomic mass is 32.1. The normalized spacial score (nSPS) is 11.1. The molecular formula is C25H21N5O2S. The van der Waals surface area contributed by atoms with Gasteiger partial charge in [0.25, 0.3) is 5.91 Å². The van der Waals surface area contributed by atoms with Gasteiger partial charge in [-0.2, -0.15) is 5.10 Å². The number of pyridine rings is 1. The molecule has 0 radical (unpaired) electrons. The third kappa shape index (κ3) is 3.96. The molecule has 2 aromatic carbocycles. The molecule has 5 aromatic rings. The molecule has 3 heterocycles. The van der Waals surface area contributed by atoms with Gasteiger partial charge in [0.15, 0.2) is 5.65 Å². The van der Waals surface area contributed by atoms with Crippen molar-refractivity contribution in [3.05, 3.63) is 82.9 Å². The minimum atomic E-state index is -0.414. The van der Waals surface area contributed by atoms with Crippen LogP contribution in [0.4, 0.5) is 0 Å². The Morgan fingerprint density at radius 2 is 1.85 bits per heavy atom. The zero-order valence-electron chi connectivity index (χ0n) is 18.1. The zero-order chi connectivity index (χ0) is 22.9. The maximum Gasteiger partial charge on any atom is 0.270 e. The van der Waals surface area contributed by atoms with E-state index in [1.165, 1.54) is 0 Å². The molecule has 7 nitrogen and oxygen atoms in total. The van der Waals surface area contributed by atoms with Gasteiger partial charge in [-0.15, -0.1) is 11.3 Å². The Kier molecular flexibility index (Phi) is 5.35. The van der Waals surface area contributed by atoms with Gasteiger partial charge in [-0.3, -0.25) is 25.1 Å². The number of nitrogens with zero attached hydrogens (tertiary/aromatic N) is 3. The SMILES string of the molecule is Cc1nn(C)c2nc(-c3cccs3)cc(C(=O)NNC(=O)Cc3cccc4ccccc34)c12. The summed E-state index contributed by atoms with van der Waals surface area (Å²) in [4.78, 5) is 31.4. The largest absolute Gasteiger partial charge is 0.273 e. The predicted octanol–water partition coefficient (Wildman–Crippen LogP) is 4.16. The van der Waals surface area contributed by atoms with Gasteiger partial charge in [0.2, 0.25) is 5.91 Å². The quantitative estimate of drug-likeness (QED) is 0.398. The number of nitrogens with one attached hydrogen (secondary N) is 2. The van der Waals surface area contributed by atoms with Crippen LogP contribution >= 0.6 is 11.3 Å². The summed E-state index contributed by atoms with van der Waals surface area (Å²) in [6.07, 6.45) is 0.153. The Morgan fingerprint density at radius 1 is 1.03 bits per heavy atom. The van der Waals surface area contributed by atoms with Crippen molar-refractivity contribution in [2.75, 3.05) is 0 Å². The van der Waals surface area contributed by atoms with Crippen LogP contribution in [0, 0.1) is 6.92 Å². The molecule has 2 N–H and O–H groups in total. The number of hydrazine groups is 1. The van der Waals surface area contributed by atoms with Gasteiger partial charge in [-0.1, -0.05) is 48.5 Å². The van der Waals surface area contributed by atoms with Crippen LogP contribution in [0.5, 0.6) is 0 Å². The lowest BCUT2D eigenvalue weighted by atomic mass is 10.0. The fourth-order valence-corrected chi connectivity index (χ4v) is 4.72. The van der Waals surface area contributed by atoms with Gasteiger partial charge >= 0.3 is 0 Å². The first-order chi connectivity index (χ1) is 16.0. The van der Waals surface area contributed by atoms with Crippen molar-refractivity contribution < 1.29 is 9.59 Å². The molecule has 0 saturated heterocycles. The van der Waals surface area contributed by atoms with Crippen LogP contribution < -0.4 is 10.9 Å². The second-order valence-electron chi connectivity index (χ2n) is 7.76. The van der Waals surface area contributed by atoms with Crippen LogP contribution in [0.25, 0.3) is 32.4 Å². The molecule has 5 rings (SSSR count). The Bertz CT molecular complexity index is 1500. The van der Waals surface area contributed by atoms with Crippen LogP contribution in [-0.2, 0) is 18.3 Å².